The van der Waals surface area contributed by atoms with Gasteiger partial charge in [-0.1, -0.05) is 118 Å². The average Bonchev–Trinajstić information content (AvgIpc) is 3.16. The maximum absolute atomic E-state index is 16.5. The molecule has 0 saturated heterocycles. The fourth-order valence-electron chi connectivity index (χ4n) is 11.6. The summed E-state index contributed by atoms with van der Waals surface area (Å²) in [6.45, 7) is 36.1. The van der Waals surface area contributed by atoms with Gasteiger partial charge in [0.25, 0.3) is 8.32 Å². The van der Waals surface area contributed by atoms with Crippen LogP contribution in [0, 0.1) is 35.0 Å². The average molecular weight is 899 g/mol. The fourth-order valence-corrected chi connectivity index (χ4v) is 15.9. The molecule has 0 spiro atoms. The molecule has 6 nitrogen and oxygen atoms in total. The highest BCUT2D eigenvalue weighted by atomic mass is 32.2. The Balaban J connectivity index is 1.56. The van der Waals surface area contributed by atoms with E-state index in [0.717, 1.165) is 71.8 Å². The Bertz CT molecular complexity index is 2110. The molecule has 3 aliphatic rings. The lowest BCUT2D eigenvalue weighted by molar-refractivity contribution is -0.193. The molecule has 0 heterocycles. The van der Waals surface area contributed by atoms with Crippen molar-refractivity contribution in [2.45, 2.75) is 180 Å². The first-order chi connectivity index (χ1) is 28.6. The van der Waals surface area contributed by atoms with E-state index >= 15 is 4.21 Å². The van der Waals surface area contributed by atoms with Crippen LogP contribution < -0.4 is 8.85 Å². The lowest BCUT2D eigenvalue weighted by Gasteiger charge is -2.69. The minimum Gasteiger partial charge on any atom is -0.543 e. The van der Waals surface area contributed by atoms with Crippen molar-refractivity contribution in [2.75, 3.05) is 14.1 Å². The zero-order chi connectivity index (χ0) is 45.9. The quantitative estimate of drug-likeness (QED) is 0.134. The van der Waals surface area contributed by atoms with E-state index in [1.165, 1.54) is 5.56 Å². The third-order valence-electron chi connectivity index (χ3n) is 17.0. The zero-order valence-electron chi connectivity index (χ0n) is 41.8. The summed E-state index contributed by atoms with van der Waals surface area (Å²) in [5.41, 5.74) is 4.08. The number of fused-ring (bicyclic) bond motifs is 3. The van der Waals surface area contributed by atoms with Crippen molar-refractivity contribution >= 4 is 33.1 Å². The van der Waals surface area contributed by atoms with Crippen molar-refractivity contribution < 1.29 is 17.8 Å². The van der Waals surface area contributed by atoms with Gasteiger partial charge < -0.3 is 18.6 Å². The molecule has 0 N–H and O–H groups in total. The van der Waals surface area contributed by atoms with Gasteiger partial charge in [-0.25, -0.2) is 0 Å². The number of hydrogen-bond acceptors (Lipinski definition) is 6. The van der Waals surface area contributed by atoms with Gasteiger partial charge in [-0.2, -0.15) is 5.10 Å². The Hall–Kier alpha value is -2.73. The van der Waals surface area contributed by atoms with Gasteiger partial charge in [-0.15, -0.1) is 0 Å². The largest absolute Gasteiger partial charge is 0.543 e. The Morgan fingerprint density at radius 3 is 1.94 bits per heavy atom. The van der Waals surface area contributed by atoms with E-state index < -0.39 is 32.2 Å². The molecule has 6 rings (SSSR count). The van der Waals surface area contributed by atoms with E-state index in [4.69, 9.17) is 18.7 Å². The lowest BCUT2D eigenvalue weighted by Crippen LogP contribution is -2.70. The van der Waals surface area contributed by atoms with Crippen LogP contribution >= 0.6 is 0 Å². The Labute approximate surface area is 382 Å². The van der Waals surface area contributed by atoms with Crippen LogP contribution in [0.3, 0.4) is 0 Å². The van der Waals surface area contributed by atoms with Gasteiger partial charge in [0.2, 0.25) is 8.32 Å². The number of benzene rings is 3. The normalized spacial score (nSPS) is 29.0. The maximum atomic E-state index is 16.5. The smallest absolute Gasteiger partial charge is 0.250 e. The lowest BCUT2D eigenvalue weighted by atomic mass is 9.38. The minimum absolute atomic E-state index is 0.0134. The first-order valence-electron chi connectivity index (χ1n) is 23.5. The molecule has 3 saturated carbocycles. The molecular weight excluding hydrogens is 817 g/mol. The second-order valence-corrected chi connectivity index (χ2v) is 34.8. The summed E-state index contributed by atoms with van der Waals surface area (Å²) < 4.78 is 37.1. The highest BCUT2D eigenvalue weighted by Crippen LogP contribution is 2.71. The van der Waals surface area contributed by atoms with Crippen molar-refractivity contribution in [3.05, 3.63) is 89.5 Å². The Morgan fingerprint density at radius 1 is 0.774 bits per heavy atom. The van der Waals surface area contributed by atoms with Gasteiger partial charge in [0, 0.05) is 19.0 Å². The van der Waals surface area contributed by atoms with E-state index in [9.17, 15) is 0 Å². The molecule has 0 aliphatic heterocycles. The standard InChI is InChI=1S/C53H82N2O4SSi2/c1-38-34-41(58-61(14,15)48(2,3)4)35-40(47(38)59-62(16,17)49(5,6)7)36-53(60(56)42-26-22-19-23-27-42)45(54-55(12)13)29-28-44-51(10)32-31-46(57-37-39-24-20-18-21-25-39)50(8,9)43(51)30-33-52(44,53)11/h18-27,34-35,43-44,46H,28-33,36-37H2,1-17H3/b54-45+/t43-,44+,46-,51-,52+,53?,60?/m0/s1. The number of hydrazone groups is 1. The molecule has 342 valence electrons. The summed E-state index contributed by atoms with van der Waals surface area (Å²) >= 11 is 0. The third-order valence-corrected chi connectivity index (χ3v) is 27.9. The Kier molecular flexibility index (Phi) is 13.6. The van der Waals surface area contributed by atoms with E-state index in [0.29, 0.717) is 24.9 Å². The van der Waals surface area contributed by atoms with Crippen molar-refractivity contribution in [1.29, 1.82) is 0 Å². The van der Waals surface area contributed by atoms with Crippen LogP contribution in [0.2, 0.25) is 36.3 Å². The minimum atomic E-state index is -2.33. The molecule has 2 unspecified atom stereocenters. The molecule has 0 radical (unpaired) electrons. The molecule has 3 aliphatic carbocycles. The van der Waals surface area contributed by atoms with Crippen LogP contribution in [-0.2, 0) is 28.6 Å². The summed E-state index contributed by atoms with van der Waals surface area (Å²) in [7, 11) is -1.96. The number of aryl methyl sites for hydroxylation is 1. The van der Waals surface area contributed by atoms with Crippen molar-refractivity contribution in [2.24, 2.45) is 33.2 Å². The second kappa shape index (κ2) is 17.2. The molecule has 9 heteroatoms. The topological polar surface area (TPSA) is 60.4 Å². The molecule has 0 aromatic heterocycles. The molecule has 3 aromatic rings. The second-order valence-electron chi connectivity index (χ2n) is 23.7. The van der Waals surface area contributed by atoms with Crippen LogP contribution in [0.5, 0.6) is 11.5 Å². The summed E-state index contributed by atoms with van der Waals surface area (Å²) in [5.74, 6) is 2.60. The third kappa shape index (κ3) is 8.84. The number of hydrogen-bond donors (Lipinski definition) is 0. The van der Waals surface area contributed by atoms with E-state index in [-0.39, 0.29) is 32.4 Å². The predicted molar refractivity (Wildman–Crippen MR) is 267 cm³/mol. The van der Waals surface area contributed by atoms with Crippen molar-refractivity contribution in [3.63, 3.8) is 0 Å². The highest BCUT2D eigenvalue weighted by molar-refractivity contribution is 7.87. The molecule has 3 aromatic carbocycles. The summed E-state index contributed by atoms with van der Waals surface area (Å²) in [6, 6.07) is 25.4. The van der Waals surface area contributed by atoms with Crippen LogP contribution in [0.25, 0.3) is 0 Å². The van der Waals surface area contributed by atoms with Crippen LogP contribution in [0.4, 0.5) is 0 Å². The van der Waals surface area contributed by atoms with Gasteiger partial charge in [0.15, 0.2) is 0 Å². The van der Waals surface area contributed by atoms with Crippen LogP contribution in [0.15, 0.2) is 82.8 Å². The molecule has 7 atom stereocenters. The van der Waals surface area contributed by atoms with Crippen LogP contribution in [-0.4, -0.2) is 56.5 Å². The number of nitrogens with zero attached hydrogens (tertiary/aromatic N) is 2. The summed E-state index contributed by atoms with van der Waals surface area (Å²) in [5, 5.41) is 7.42. The monoisotopic (exact) mass is 899 g/mol. The summed E-state index contributed by atoms with van der Waals surface area (Å²) in [4.78, 5) is 0.865. The van der Waals surface area contributed by atoms with Gasteiger partial charge in [0.1, 0.15) is 16.2 Å². The van der Waals surface area contributed by atoms with Crippen molar-refractivity contribution in [3.8, 4) is 11.5 Å². The van der Waals surface area contributed by atoms with Gasteiger partial charge in [-0.3, -0.25) is 4.21 Å². The molecular formula is C53H82N2O4SSi2. The SMILES string of the molecule is Cc1cc(O[Si](C)(C)C(C)(C)C)cc(CC2(S(=O)c3ccccc3)/C(=N/N(C)C)CC[C@@H]3[C@@]4(C)CC[C@H](OCc5ccccc5)C(C)(C)[C@@H]4CC[C@]32C)c1O[Si](C)(C)C(C)(C)C. The Morgan fingerprint density at radius 2 is 1.35 bits per heavy atom. The fraction of sp³-hybridized carbons (Fsp3) is 0.642. The first kappa shape index (κ1) is 48.7. The first-order valence-corrected chi connectivity index (χ1v) is 30.5. The predicted octanol–water partition coefficient (Wildman–Crippen LogP) is 14.0. The van der Waals surface area contributed by atoms with Crippen molar-refractivity contribution in [1.82, 2.24) is 5.01 Å². The maximum Gasteiger partial charge on any atom is 0.250 e. The van der Waals surface area contributed by atoms with Gasteiger partial charge >= 0.3 is 0 Å². The highest BCUT2D eigenvalue weighted by Gasteiger charge is 2.70. The zero-order valence-corrected chi connectivity index (χ0v) is 44.6. The van der Waals surface area contributed by atoms with Crippen LogP contribution in [0.1, 0.15) is 124 Å². The van der Waals surface area contributed by atoms with E-state index in [2.05, 4.69) is 157 Å². The van der Waals surface area contributed by atoms with Gasteiger partial charge in [-0.05, 0) is 157 Å². The number of ether oxygens (including phenoxy) is 1. The number of rotatable bonds is 12. The van der Waals surface area contributed by atoms with E-state index in [1.54, 1.807) is 0 Å². The summed E-state index contributed by atoms with van der Waals surface area (Å²) in [6.07, 6.45) is 6.64. The van der Waals surface area contributed by atoms with E-state index in [1.807, 2.05) is 37.3 Å². The molecule has 0 amide bonds. The molecule has 0 bridgehead atoms. The molecule has 3 fully saturated rings. The molecule has 62 heavy (non-hydrogen) atoms. The van der Waals surface area contributed by atoms with Gasteiger partial charge in [0.05, 0.1) is 29.2 Å².